The predicted octanol–water partition coefficient (Wildman–Crippen LogP) is 3.75. The second kappa shape index (κ2) is 8.63. The molecule has 0 bridgehead atoms. The Balaban J connectivity index is 1.54. The topological polar surface area (TPSA) is 58.6 Å². The number of ketones is 1. The Kier molecular flexibility index (Phi) is 6.02. The maximum absolute atomic E-state index is 12.5. The van der Waals surface area contributed by atoms with Gasteiger partial charge in [0.15, 0.2) is 5.78 Å². The molecule has 0 aromatic heterocycles. The summed E-state index contributed by atoms with van der Waals surface area (Å²) in [6.07, 6.45) is 1.85. The van der Waals surface area contributed by atoms with E-state index in [9.17, 15) is 9.59 Å². The van der Waals surface area contributed by atoms with Crippen molar-refractivity contribution >= 4 is 17.5 Å². The van der Waals surface area contributed by atoms with Gasteiger partial charge in [0.2, 0.25) is 0 Å². The molecule has 136 valence electrons. The quantitative estimate of drug-likeness (QED) is 0.834. The highest BCUT2D eigenvalue weighted by molar-refractivity contribution is 5.96. The molecule has 2 aromatic rings. The Morgan fingerprint density at radius 1 is 1.15 bits per heavy atom. The van der Waals surface area contributed by atoms with Crippen LogP contribution in [0, 0.1) is 0 Å². The molecule has 0 aliphatic carbocycles. The Morgan fingerprint density at radius 3 is 2.73 bits per heavy atom. The van der Waals surface area contributed by atoms with E-state index in [-0.39, 0.29) is 17.9 Å². The molecule has 1 aliphatic rings. The molecule has 0 saturated carbocycles. The van der Waals surface area contributed by atoms with Crippen LogP contribution in [0.25, 0.3) is 0 Å². The summed E-state index contributed by atoms with van der Waals surface area (Å²) < 4.78 is 5.81. The van der Waals surface area contributed by atoms with Crippen LogP contribution in [0.1, 0.15) is 29.3 Å². The molecule has 1 aliphatic heterocycles. The number of amides is 2. The molecule has 1 atom stereocenters. The van der Waals surface area contributed by atoms with E-state index in [1.54, 1.807) is 29.2 Å². The van der Waals surface area contributed by atoms with Gasteiger partial charge in [0.25, 0.3) is 0 Å². The number of nitrogens with one attached hydrogen (secondary N) is 1. The van der Waals surface area contributed by atoms with Gasteiger partial charge >= 0.3 is 6.03 Å². The Bertz CT molecular complexity index is 761. The van der Waals surface area contributed by atoms with Crippen molar-refractivity contribution in [3.05, 3.63) is 65.7 Å². The summed E-state index contributed by atoms with van der Waals surface area (Å²) in [7, 11) is 0. The van der Waals surface area contributed by atoms with Crippen LogP contribution in [-0.4, -0.2) is 42.5 Å². The number of ether oxygens (including phenoxy) is 1. The highest BCUT2D eigenvalue weighted by Crippen LogP contribution is 2.16. The smallest absolute Gasteiger partial charge is 0.322 e. The van der Waals surface area contributed by atoms with Gasteiger partial charge in [-0.15, -0.1) is 0 Å². The lowest BCUT2D eigenvalue weighted by Gasteiger charge is -2.33. The number of rotatable bonds is 5. The number of carbonyl (C=O) groups is 2. The number of morpholine rings is 1. The van der Waals surface area contributed by atoms with Crippen LogP contribution >= 0.6 is 0 Å². The second-order valence-corrected chi connectivity index (χ2v) is 6.53. The van der Waals surface area contributed by atoms with Crippen molar-refractivity contribution in [3.8, 4) is 0 Å². The first-order valence-electron chi connectivity index (χ1n) is 8.94. The molecular weight excluding hydrogens is 328 g/mol. The summed E-state index contributed by atoms with van der Waals surface area (Å²) in [6.45, 7) is 3.20. The van der Waals surface area contributed by atoms with E-state index >= 15 is 0 Å². The first kappa shape index (κ1) is 18.1. The molecule has 2 aromatic carbocycles. The van der Waals surface area contributed by atoms with E-state index in [4.69, 9.17) is 4.74 Å². The normalized spacial score (nSPS) is 17.0. The molecule has 0 spiro atoms. The largest absolute Gasteiger partial charge is 0.375 e. The van der Waals surface area contributed by atoms with Crippen LogP contribution in [0.4, 0.5) is 10.5 Å². The zero-order valence-electron chi connectivity index (χ0n) is 15.0. The minimum Gasteiger partial charge on any atom is -0.375 e. The van der Waals surface area contributed by atoms with Crippen molar-refractivity contribution in [3.63, 3.8) is 0 Å². The fourth-order valence-electron chi connectivity index (χ4n) is 3.07. The molecule has 1 N–H and O–H groups in total. The number of hydrogen-bond acceptors (Lipinski definition) is 3. The van der Waals surface area contributed by atoms with Crippen LogP contribution < -0.4 is 5.32 Å². The van der Waals surface area contributed by atoms with Gasteiger partial charge in [-0.2, -0.15) is 0 Å². The lowest BCUT2D eigenvalue weighted by molar-refractivity contribution is -0.0157. The van der Waals surface area contributed by atoms with Gasteiger partial charge in [-0.3, -0.25) is 4.79 Å². The number of aryl methyl sites for hydroxylation is 1. The third kappa shape index (κ3) is 4.92. The summed E-state index contributed by atoms with van der Waals surface area (Å²) >= 11 is 0. The van der Waals surface area contributed by atoms with E-state index in [2.05, 4.69) is 17.4 Å². The number of hydrogen-bond donors (Lipinski definition) is 1. The van der Waals surface area contributed by atoms with E-state index in [1.807, 2.05) is 18.2 Å². The van der Waals surface area contributed by atoms with Crippen molar-refractivity contribution < 1.29 is 14.3 Å². The van der Waals surface area contributed by atoms with Crippen molar-refractivity contribution in [2.24, 2.45) is 0 Å². The van der Waals surface area contributed by atoms with Gasteiger partial charge in [0.05, 0.1) is 12.7 Å². The molecule has 26 heavy (non-hydrogen) atoms. The molecule has 1 heterocycles. The first-order chi connectivity index (χ1) is 12.6. The minimum absolute atomic E-state index is 0.0200. The molecule has 5 heteroatoms. The minimum atomic E-state index is -0.154. The van der Waals surface area contributed by atoms with Crippen molar-refractivity contribution in [2.45, 2.75) is 25.9 Å². The Morgan fingerprint density at radius 2 is 1.96 bits per heavy atom. The van der Waals surface area contributed by atoms with Gasteiger partial charge in [-0.25, -0.2) is 4.79 Å². The molecule has 1 fully saturated rings. The van der Waals surface area contributed by atoms with E-state index in [0.29, 0.717) is 30.9 Å². The fourth-order valence-corrected chi connectivity index (χ4v) is 3.07. The maximum Gasteiger partial charge on any atom is 0.322 e. The highest BCUT2D eigenvalue weighted by atomic mass is 16.5. The second-order valence-electron chi connectivity index (χ2n) is 6.53. The van der Waals surface area contributed by atoms with Crippen LogP contribution in [0.15, 0.2) is 54.6 Å². The van der Waals surface area contributed by atoms with Crippen molar-refractivity contribution in [2.75, 3.05) is 25.0 Å². The third-order valence-corrected chi connectivity index (χ3v) is 4.54. The number of Topliss-reactive ketones (excluding diaryl/α,β-unsaturated/α-hetero) is 1. The van der Waals surface area contributed by atoms with Crippen LogP contribution in [0.3, 0.4) is 0 Å². The number of nitrogens with zero attached hydrogens (tertiary/aromatic N) is 1. The Hall–Kier alpha value is -2.66. The number of urea groups is 1. The predicted molar refractivity (Wildman–Crippen MR) is 102 cm³/mol. The van der Waals surface area contributed by atoms with Gasteiger partial charge in [0, 0.05) is 24.3 Å². The molecule has 1 saturated heterocycles. The number of anilines is 1. The van der Waals surface area contributed by atoms with Crippen molar-refractivity contribution in [1.82, 2.24) is 4.90 Å². The average Bonchev–Trinajstić information content (AvgIpc) is 2.67. The molecule has 5 nitrogen and oxygen atoms in total. The zero-order chi connectivity index (χ0) is 18.4. The highest BCUT2D eigenvalue weighted by Gasteiger charge is 2.24. The average molecular weight is 352 g/mol. The van der Waals surface area contributed by atoms with E-state index in [0.717, 1.165) is 12.8 Å². The lowest BCUT2D eigenvalue weighted by Crippen LogP contribution is -2.47. The molecule has 0 radical (unpaired) electrons. The molecular formula is C21H24N2O3. The summed E-state index contributed by atoms with van der Waals surface area (Å²) in [5.41, 5.74) is 2.50. The monoisotopic (exact) mass is 352 g/mol. The molecule has 3 rings (SSSR count). The number of benzene rings is 2. The molecule has 2 amide bonds. The number of carbonyl (C=O) groups excluding carboxylic acids is 2. The lowest BCUT2D eigenvalue weighted by atomic mass is 10.1. The van der Waals surface area contributed by atoms with Gasteiger partial charge < -0.3 is 15.0 Å². The van der Waals surface area contributed by atoms with E-state index < -0.39 is 0 Å². The molecule has 1 unspecified atom stereocenters. The van der Waals surface area contributed by atoms with Gasteiger partial charge in [0.1, 0.15) is 0 Å². The maximum atomic E-state index is 12.5. The van der Waals surface area contributed by atoms with Crippen LogP contribution in [0.5, 0.6) is 0 Å². The Labute approximate surface area is 154 Å². The fraction of sp³-hybridized carbons (Fsp3) is 0.333. The summed E-state index contributed by atoms with van der Waals surface area (Å²) in [5, 5.41) is 2.88. The SMILES string of the molecule is CC(=O)c1cccc(NC(=O)N2CCOC(CCc3ccccc3)C2)c1. The van der Waals surface area contributed by atoms with Gasteiger partial charge in [-0.05, 0) is 37.5 Å². The van der Waals surface area contributed by atoms with Crippen LogP contribution in [0.2, 0.25) is 0 Å². The van der Waals surface area contributed by atoms with Crippen molar-refractivity contribution in [1.29, 1.82) is 0 Å². The van der Waals surface area contributed by atoms with Gasteiger partial charge in [-0.1, -0.05) is 42.5 Å². The van der Waals surface area contributed by atoms with Crippen LogP contribution in [-0.2, 0) is 11.2 Å². The third-order valence-electron chi connectivity index (χ3n) is 4.54. The first-order valence-corrected chi connectivity index (χ1v) is 8.94. The summed E-state index contributed by atoms with van der Waals surface area (Å²) in [4.78, 5) is 25.8. The standard InChI is InChI=1S/C21H24N2O3/c1-16(24)18-8-5-9-19(14-18)22-21(25)23-12-13-26-20(15-23)11-10-17-6-3-2-4-7-17/h2-9,14,20H,10-13,15H2,1H3,(H,22,25). The van der Waals surface area contributed by atoms with E-state index in [1.165, 1.54) is 12.5 Å². The zero-order valence-corrected chi connectivity index (χ0v) is 15.0. The summed E-state index contributed by atoms with van der Waals surface area (Å²) in [5.74, 6) is -0.0200. The summed E-state index contributed by atoms with van der Waals surface area (Å²) in [6, 6.07) is 17.1.